The Morgan fingerprint density at radius 2 is 2.00 bits per heavy atom. The van der Waals surface area contributed by atoms with Crippen molar-refractivity contribution in [3.63, 3.8) is 0 Å². The van der Waals surface area contributed by atoms with Crippen molar-refractivity contribution in [3.05, 3.63) is 47.6 Å². The first-order chi connectivity index (χ1) is 8.22. The lowest BCUT2D eigenvalue weighted by Crippen LogP contribution is -2.10. The molecular weight excluding hydrogens is 216 g/mol. The molecule has 88 valence electrons. The molecule has 1 aliphatic rings. The van der Waals surface area contributed by atoms with Crippen LogP contribution in [0.4, 0.5) is 0 Å². The number of aliphatic hydroxyl groups excluding tert-OH is 1. The zero-order valence-corrected chi connectivity index (χ0v) is 9.63. The minimum atomic E-state index is -0.706. The molecule has 1 N–H and O–H groups in total. The van der Waals surface area contributed by atoms with E-state index in [9.17, 15) is 5.11 Å². The fourth-order valence-electron chi connectivity index (χ4n) is 2.12. The van der Waals surface area contributed by atoms with Crippen LogP contribution in [0, 0.1) is 0 Å². The summed E-state index contributed by atoms with van der Waals surface area (Å²) in [4.78, 5) is 4.29. The van der Waals surface area contributed by atoms with Crippen molar-refractivity contribution in [1.82, 2.24) is 10.1 Å². The highest BCUT2D eigenvalue weighted by Crippen LogP contribution is 2.52. The lowest BCUT2D eigenvalue weighted by atomic mass is 9.95. The third-order valence-electron chi connectivity index (χ3n) is 3.30. The lowest BCUT2D eigenvalue weighted by Gasteiger charge is -2.10. The van der Waals surface area contributed by atoms with E-state index < -0.39 is 6.10 Å². The Kier molecular flexibility index (Phi) is 2.26. The van der Waals surface area contributed by atoms with Gasteiger partial charge < -0.3 is 9.63 Å². The maximum atomic E-state index is 9.40. The summed E-state index contributed by atoms with van der Waals surface area (Å²) in [5.74, 6) is 0.988. The number of aliphatic hydroxyl groups is 1. The molecular formula is C13H14N2O2. The monoisotopic (exact) mass is 230 g/mol. The van der Waals surface area contributed by atoms with E-state index in [1.54, 1.807) is 6.92 Å². The fourth-order valence-corrected chi connectivity index (χ4v) is 2.12. The standard InChI is InChI=1S/C13H14N2O2/c1-9(16)11-14-12(15-17-11)13(7-8-13)10-5-3-2-4-6-10/h2-6,9,16H,7-8H2,1H3. The second-order valence-corrected chi connectivity index (χ2v) is 4.58. The van der Waals surface area contributed by atoms with Crippen LogP contribution in [0.3, 0.4) is 0 Å². The third-order valence-corrected chi connectivity index (χ3v) is 3.30. The van der Waals surface area contributed by atoms with Gasteiger partial charge in [0.25, 0.3) is 5.89 Å². The highest BCUT2D eigenvalue weighted by Gasteiger charge is 2.49. The first kappa shape index (κ1) is 10.5. The van der Waals surface area contributed by atoms with Crippen LogP contribution in [0.15, 0.2) is 34.9 Å². The van der Waals surface area contributed by atoms with Crippen LogP contribution in [0.2, 0.25) is 0 Å². The number of hydrogen-bond acceptors (Lipinski definition) is 4. The van der Waals surface area contributed by atoms with E-state index in [0.29, 0.717) is 11.7 Å². The molecule has 0 saturated heterocycles. The van der Waals surface area contributed by atoms with Crippen molar-refractivity contribution in [3.8, 4) is 0 Å². The normalized spacial score (nSPS) is 18.9. The van der Waals surface area contributed by atoms with Gasteiger partial charge in [0.15, 0.2) is 5.82 Å². The Morgan fingerprint density at radius 1 is 1.29 bits per heavy atom. The Balaban J connectivity index is 1.98. The maximum Gasteiger partial charge on any atom is 0.255 e. The third kappa shape index (κ3) is 1.65. The summed E-state index contributed by atoms with van der Waals surface area (Å²) in [5, 5.41) is 13.4. The van der Waals surface area contributed by atoms with E-state index in [4.69, 9.17) is 4.52 Å². The lowest BCUT2D eigenvalue weighted by molar-refractivity contribution is 0.151. The summed E-state index contributed by atoms with van der Waals surface area (Å²) < 4.78 is 5.06. The largest absolute Gasteiger partial charge is 0.384 e. The van der Waals surface area contributed by atoms with Crippen LogP contribution in [-0.2, 0) is 5.41 Å². The molecule has 1 heterocycles. The number of rotatable bonds is 3. The van der Waals surface area contributed by atoms with Crippen LogP contribution in [0.1, 0.15) is 43.1 Å². The Hall–Kier alpha value is -1.68. The fraction of sp³-hybridized carbons (Fsp3) is 0.385. The van der Waals surface area contributed by atoms with Gasteiger partial charge in [0.2, 0.25) is 0 Å². The molecule has 1 aliphatic carbocycles. The SMILES string of the molecule is CC(O)c1nc(C2(c3ccccc3)CC2)no1. The summed E-state index contributed by atoms with van der Waals surface area (Å²) in [6, 6.07) is 10.2. The molecule has 0 radical (unpaired) electrons. The molecule has 1 saturated carbocycles. The minimum absolute atomic E-state index is 0.0854. The smallest absolute Gasteiger partial charge is 0.255 e. The van der Waals surface area contributed by atoms with Gasteiger partial charge in [-0.1, -0.05) is 35.5 Å². The molecule has 1 aromatic carbocycles. The number of benzene rings is 1. The second kappa shape index (κ2) is 3.67. The van der Waals surface area contributed by atoms with Gasteiger partial charge in [-0.15, -0.1) is 0 Å². The van der Waals surface area contributed by atoms with Gasteiger partial charge in [-0.2, -0.15) is 4.98 Å². The van der Waals surface area contributed by atoms with Gasteiger partial charge in [-0.05, 0) is 25.3 Å². The highest BCUT2D eigenvalue weighted by molar-refractivity contribution is 5.38. The topological polar surface area (TPSA) is 59.2 Å². The van der Waals surface area contributed by atoms with Gasteiger partial charge in [0.05, 0.1) is 5.41 Å². The van der Waals surface area contributed by atoms with E-state index >= 15 is 0 Å². The van der Waals surface area contributed by atoms with Crippen LogP contribution in [0.5, 0.6) is 0 Å². The highest BCUT2D eigenvalue weighted by atomic mass is 16.5. The van der Waals surface area contributed by atoms with Gasteiger partial charge in [-0.3, -0.25) is 0 Å². The van der Waals surface area contributed by atoms with E-state index in [-0.39, 0.29) is 5.41 Å². The van der Waals surface area contributed by atoms with E-state index in [2.05, 4.69) is 22.3 Å². The van der Waals surface area contributed by atoms with Gasteiger partial charge >= 0.3 is 0 Å². The Morgan fingerprint density at radius 3 is 2.53 bits per heavy atom. The predicted molar refractivity (Wildman–Crippen MR) is 61.4 cm³/mol. The number of nitrogens with zero attached hydrogens (tertiary/aromatic N) is 2. The summed E-state index contributed by atoms with van der Waals surface area (Å²) in [7, 11) is 0. The van der Waals surface area contributed by atoms with E-state index in [1.165, 1.54) is 5.56 Å². The molecule has 0 aliphatic heterocycles. The molecule has 17 heavy (non-hydrogen) atoms. The van der Waals surface area contributed by atoms with Crippen LogP contribution in [-0.4, -0.2) is 15.2 Å². The quantitative estimate of drug-likeness (QED) is 0.878. The average Bonchev–Trinajstić information content (AvgIpc) is 3.00. The first-order valence-electron chi connectivity index (χ1n) is 5.80. The molecule has 1 atom stereocenters. The molecule has 0 amide bonds. The molecule has 4 nitrogen and oxygen atoms in total. The molecule has 1 aromatic heterocycles. The van der Waals surface area contributed by atoms with Crippen LogP contribution in [0.25, 0.3) is 0 Å². The average molecular weight is 230 g/mol. The molecule has 3 rings (SSSR count). The molecule has 4 heteroatoms. The van der Waals surface area contributed by atoms with Gasteiger partial charge in [-0.25, -0.2) is 0 Å². The molecule has 2 aromatic rings. The Labute approximate surface area is 99.3 Å². The van der Waals surface area contributed by atoms with Crippen molar-refractivity contribution in [2.75, 3.05) is 0 Å². The van der Waals surface area contributed by atoms with E-state index in [1.807, 2.05) is 18.2 Å². The molecule has 0 spiro atoms. The zero-order chi connectivity index (χ0) is 11.9. The molecule has 1 unspecified atom stereocenters. The summed E-state index contributed by atoms with van der Waals surface area (Å²) >= 11 is 0. The zero-order valence-electron chi connectivity index (χ0n) is 9.63. The number of aromatic nitrogens is 2. The van der Waals surface area contributed by atoms with Gasteiger partial charge in [0.1, 0.15) is 6.10 Å². The van der Waals surface area contributed by atoms with Crippen molar-refractivity contribution < 1.29 is 9.63 Å². The van der Waals surface area contributed by atoms with Crippen molar-refractivity contribution >= 4 is 0 Å². The van der Waals surface area contributed by atoms with Crippen LogP contribution >= 0.6 is 0 Å². The van der Waals surface area contributed by atoms with Crippen molar-refractivity contribution in [1.29, 1.82) is 0 Å². The van der Waals surface area contributed by atoms with Gasteiger partial charge in [0, 0.05) is 0 Å². The summed E-state index contributed by atoms with van der Waals surface area (Å²) in [5.41, 5.74) is 1.13. The summed E-state index contributed by atoms with van der Waals surface area (Å²) in [6.45, 7) is 1.62. The maximum absolute atomic E-state index is 9.40. The molecule has 1 fully saturated rings. The van der Waals surface area contributed by atoms with E-state index in [0.717, 1.165) is 12.8 Å². The van der Waals surface area contributed by atoms with Crippen molar-refractivity contribution in [2.45, 2.75) is 31.3 Å². The minimum Gasteiger partial charge on any atom is -0.384 e. The number of hydrogen-bond donors (Lipinski definition) is 1. The van der Waals surface area contributed by atoms with Crippen molar-refractivity contribution in [2.24, 2.45) is 0 Å². The Bertz CT molecular complexity index is 515. The second-order valence-electron chi connectivity index (χ2n) is 4.58. The predicted octanol–water partition coefficient (Wildman–Crippen LogP) is 2.20. The summed E-state index contributed by atoms with van der Waals surface area (Å²) in [6.07, 6.45) is 1.37. The molecule has 0 bridgehead atoms. The first-order valence-corrected chi connectivity index (χ1v) is 5.80. The van der Waals surface area contributed by atoms with Crippen LogP contribution < -0.4 is 0 Å².